The van der Waals surface area contributed by atoms with E-state index in [1.165, 1.54) is 0 Å². The zero-order chi connectivity index (χ0) is 18.4. The Morgan fingerprint density at radius 3 is 2.65 bits per heavy atom. The molecule has 26 heavy (non-hydrogen) atoms. The quantitative estimate of drug-likeness (QED) is 0.499. The average Bonchev–Trinajstić information content (AvgIpc) is 2.67. The summed E-state index contributed by atoms with van der Waals surface area (Å²) in [5, 5.41) is 14.6. The number of rotatable bonds is 6. The van der Waals surface area contributed by atoms with Crippen LogP contribution in [-0.4, -0.2) is 39.1 Å². The van der Waals surface area contributed by atoms with Crippen molar-refractivity contribution in [1.29, 1.82) is 0 Å². The van der Waals surface area contributed by atoms with Crippen LogP contribution in [0.5, 0.6) is 0 Å². The summed E-state index contributed by atoms with van der Waals surface area (Å²) in [6.45, 7) is 0.232. The first-order valence-electron chi connectivity index (χ1n) is 7.97. The lowest BCUT2D eigenvalue weighted by Crippen LogP contribution is -2.15. The molecule has 5 N–H and O–H groups in total. The number of hydrogen-bond acceptors (Lipinski definition) is 7. The number of nitrogens with two attached hydrogens (primary N) is 1. The van der Waals surface area contributed by atoms with Crippen LogP contribution >= 0.6 is 0 Å². The highest BCUT2D eigenvalue weighted by Gasteiger charge is 2.11. The number of nitrogens with one attached hydrogen (secondary N) is 2. The molecular weight excluding hydrogens is 332 g/mol. The number of pyridine rings is 1. The zero-order valence-electron chi connectivity index (χ0n) is 13.9. The van der Waals surface area contributed by atoms with E-state index in [0.29, 0.717) is 35.3 Å². The summed E-state index contributed by atoms with van der Waals surface area (Å²) in [4.78, 5) is 25.2. The number of aliphatic hydroxyl groups is 1. The molecule has 1 aromatic carbocycles. The minimum Gasteiger partial charge on any atom is -0.399 e. The number of carbonyl (C=O) groups excluding carboxylic acids is 1. The zero-order valence-corrected chi connectivity index (χ0v) is 13.9. The molecule has 8 heteroatoms. The first-order chi connectivity index (χ1) is 12.7. The first-order valence-corrected chi connectivity index (χ1v) is 7.97. The van der Waals surface area contributed by atoms with Gasteiger partial charge in [0.25, 0.3) is 5.91 Å². The van der Waals surface area contributed by atoms with E-state index in [-0.39, 0.29) is 12.5 Å². The molecule has 132 valence electrons. The van der Waals surface area contributed by atoms with Crippen LogP contribution in [0.1, 0.15) is 10.4 Å². The monoisotopic (exact) mass is 350 g/mol. The molecule has 0 saturated carbocycles. The largest absolute Gasteiger partial charge is 0.399 e. The third kappa shape index (κ3) is 4.31. The first kappa shape index (κ1) is 17.3. The molecule has 0 fully saturated rings. The van der Waals surface area contributed by atoms with Crippen molar-refractivity contribution >= 4 is 23.4 Å². The number of aromatic nitrogens is 3. The molecule has 0 spiro atoms. The van der Waals surface area contributed by atoms with Gasteiger partial charge in [-0.25, -0.2) is 4.98 Å². The second-order valence-electron chi connectivity index (χ2n) is 5.43. The summed E-state index contributed by atoms with van der Waals surface area (Å²) >= 11 is 0. The summed E-state index contributed by atoms with van der Waals surface area (Å²) in [6.07, 6.45) is 3.34. The van der Waals surface area contributed by atoms with Crippen molar-refractivity contribution in [3.05, 3.63) is 60.4 Å². The predicted molar refractivity (Wildman–Crippen MR) is 99.6 cm³/mol. The van der Waals surface area contributed by atoms with Crippen molar-refractivity contribution in [3.8, 4) is 11.3 Å². The van der Waals surface area contributed by atoms with Crippen LogP contribution < -0.4 is 16.4 Å². The van der Waals surface area contributed by atoms with E-state index in [2.05, 4.69) is 25.6 Å². The van der Waals surface area contributed by atoms with E-state index < -0.39 is 0 Å². The lowest BCUT2D eigenvalue weighted by Gasteiger charge is -2.10. The number of hydrogen-bond donors (Lipinski definition) is 4. The van der Waals surface area contributed by atoms with Gasteiger partial charge < -0.3 is 21.5 Å². The second kappa shape index (κ2) is 8.04. The summed E-state index contributed by atoms with van der Waals surface area (Å²) in [6, 6.07) is 11.9. The summed E-state index contributed by atoms with van der Waals surface area (Å²) in [5.74, 6) is 0.322. The van der Waals surface area contributed by atoms with Crippen molar-refractivity contribution in [2.24, 2.45) is 0 Å². The van der Waals surface area contributed by atoms with Gasteiger partial charge in [0.2, 0.25) is 5.95 Å². The molecule has 3 rings (SSSR count). The Morgan fingerprint density at radius 1 is 1.15 bits per heavy atom. The van der Waals surface area contributed by atoms with Gasteiger partial charge in [0.05, 0.1) is 12.3 Å². The molecule has 0 aliphatic rings. The van der Waals surface area contributed by atoms with Gasteiger partial charge in [-0.2, -0.15) is 4.98 Å². The van der Waals surface area contributed by atoms with Crippen LogP contribution in [0.4, 0.5) is 17.5 Å². The number of carbonyl (C=O) groups is 1. The number of benzene rings is 1. The van der Waals surface area contributed by atoms with Gasteiger partial charge in [0, 0.05) is 41.8 Å². The van der Waals surface area contributed by atoms with E-state index in [4.69, 9.17) is 10.8 Å². The predicted octanol–water partition coefficient (Wildman–Crippen LogP) is 1.78. The Labute approximate surface area is 150 Å². The highest BCUT2D eigenvalue weighted by atomic mass is 16.3. The van der Waals surface area contributed by atoms with Crippen LogP contribution in [0.15, 0.2) is 54.9 Å². The number of anilines is 3. The highest BCUT2D eigenvalue weighted by Crippen LogP contribution is 2.21. The minimum absolute atomic E-state index is 0.0619. The molecule has 2 heterocycles. The number of nitrogen functional groups attached to an aromatic ring is 1. The second-order valence-corrected chi connectivity index (χ2v) is 5.43. The lowest BCUT2D eigenvalue weighted by molar-refractivity contribution is 0.102. The molecule has 0 saturated heterocycles. The fourth-order valence-electron chi connectivity index (χ4n) is 2.24. The van der Waals surface area contributed by atoms with Crippen LogP contribution in [0, 0.1) is 0 Å². The van der Waals surface area contributed by atoms with Crippen LogP contribution in [-0.2, 0) is 0 Å². The van der Waals surface area contributed by atoms with E-state index in [0.717, 1.165) is 5.56 Å². The molecule has 2 aromatic heterocycles. The van der Waals surface area contributed by atoms with Crippen molar-refractivity contribution < 1.29 is 9.90 Å². The molecule has 3 aromatic rings. The maximum Gasteiger partial charge on any atom is 0.256 e. The fourth-order valence-corrected chi connectivity index (χ4v) is 2.24. The van der Waals surface area contributed by atoms with E-state index >= 15 is 0 Å². The Bertz CT molecular complexity index is 884. The molecule has 1 amide bonds. The van der Waals surface area contributed by atoms with Crippen LogP contribution in [0.3, 0.4) is 0 Å². The molecular formula is C18H18N6O2. The number of aliphatic hydroxyl groups excluding tert-OH is 1. The summed E-state index contributed by atoms with van der Waals surface area (Å²) in [5.41, 5.74) is 8.07. The number of nitrogens with zero attached hydrogens (tertiary/aromatic N) is 3. The van der Waals surface area contributed by atoms with Gasteiger partial charge in [-0.05, 0) is 36.4 Å². The van der Waals surface area contributed by atoms with Crippen LogP contribution in [0.25, 0.3) is 11.3 Å². The molecule has 0 radical (unpaired) electrons. The minimum atomic E-state index is -0.311. The molecule has 0 atom stereocenters. The Kier molecular flexibility index (Phi) is 5.35. The molecule has 0 bridgehead atoms. The third-order valence-electron chi connectivity index (χ3n) is 3.49. The highest BCUT2D eigenvalue weighted by molar-refractivity contribution is 6.04. The topological polar surface area (TPSA) is 126 Å². The molecule has 0 aliphatic heterocycles. The van der Waals surface area contributed by atoms with Crippen molar-refractivity contribution in [2.45, 2.75) is 0 Å². The molecule has 0 unspecified atom stereocenters. The van der Waals surface area contributed by atoms with Crippen molar-refractivity contribution in [1.82, 2.24) is 15.0 Å². The van der Waals surface area contributed by atoms with Crippen LogP contribution in [0.2, 0.25) is 0 Å². The molecule has 0 aliphatic carbocycles. The Hall–Kier alpha value is -3.52. The SMILES string of the molecule is Nc1ccc(C(=O)Nc2cc(-c3cccnc3)nc(NCCO)n2)cc1. The van der Waals surface area contributed by atoms with E-state index in [9.17, 15) is 4.79 Å². The van der Waals surface area contributed by atoms with Gasteiger partial charge in [-0.3, -0.25) is 9.78 Å². The fraction of sp³-hybridized carbons (Fsp3) is 0.111. The van der Waals surface area contributed by atoms with Crippen molar-refractivity contribution in [2.75, 3.05) is 29.5 Å². The Morgan fingerprint density at radius 2 is 1.96 bits per heavy atom. The van der Waals surface area contributed by atoms with Gasteiger partial charge >= 0.3 is 0 Å². The standard InChI is InChI=1S/C18H18N6O2/c19-14-5-3-12(4-6-14)17(26)23-16-10-15(13-2-1-7-20-11-13)22-18(24-16)21-8-9-25/h1-7,10-11,25H,8-9,19H2,(H2,21,22,23,24,26). The summed E-state index contributed by atoms with van der Waals surface area (Å²) < 4.78 is 0. The van der Waals surface area contributed by atoms with Gasteiger partial charge in [0.1, 0.15) is 5.82 Å². The van der Waals surface area contributed by atoms with Gasteiger partial charge in [-0.15, -0.1) is 0 Å². The maximum absolute atomic E-state index is 12.4. The molecule has 8 nitrogen and oxygen atoms in total. The maximum atomic E-state index is 12.4. The van der Waals surface area contributed by atoms with E-state index in [1.807, 2.05) is 6.07 Å². The number of amides is 1. The smallest absolute Gasteiger partial charge is 0.256 e. The Balaban J connectivity index is 1.89. The lowest BCUT2D eigenvalue weighted by atomic mass is 10.2. The van der Waals surface area contributed by atoms with Gasteiger partial charge in [-0.1, -0.05) is 0 Å². The third-order valence-corrected chi connectivity index (χ3v) is 3.49. The summed E-state index contributed by atoms with van der Waals surface area (Å²) in [7, 11) is 0. The average molecular weight is 350 g/mol. The van der Waals surface area contributed by atoms with Crippen molar-refractivity contribution in [3.63, 3.8) is 0 Å². The van der Waals surface area contributed by atoms with E-state index in [1.54, 1.807) is 48.8 Å². The van der Waals surface area contributed by atoms with Gasteiger partial charge in [0.15, 0.2) is 0 Å². The normalized spacial score (nSPS) is 10.3.